The van der Waals surface area contributed by atoms with Gasteiger partial charge in [-0.1, -0.05) is 29.3 Å². The zero-order chi connectivity index (χ0) is 14.8. The lowest BCUT2D eigenvalue weighted by atomic mass is 9.91. The number of nitrogens with zero attached hydrogens (tertiary/aromatic N) is 1. The number of Topliss-reactive ketones (excluding diaryl/α,β-unsaturated/α-hetero) is 1. The summed E-state index contributed by atoms with van der Waals surface area (Å²) in [6.07, 6.45) is 0.362. The molecule has 0 saturated carbocycles. The highest BCUT2D eigenvalue weighted by Gasteiger charge is 2.34. The average molecular weight is 316 g/mol. The summed E-state index contributed by atoms with van der Waals surface area (Å²) >= 11 is 11.9. The van der Waals surface area contributed by atoms with Gasteiger partial charge in [0, 0.05) is 19.5 Å². The quantitative estimate of drug-likeness (QED) is 0.854. The molecule has 0 bridgehead atoms. The summed E-state index contributed by atoms with van der Waals surface area (Å²) in [6, 6.07) is 5.34. The lowest BCUT2D eigenvalue weighted by Gasteiger charge is -2.39. The number of benzene rings is 1. The minimum Gasteiger partial charge on any atom is -0.379 e. The van der Waals surface area contributed by atoms with Crippen LogP contribution in [0.15, 0.2) is 18.2 Å². The highest BCUT2D eigenvalue weighted by atomic mass is 35.5. The predicted octanol–water partition coefficient (Wildman–Crippen LogP) is 3.22. The molecule has 5 heteroatoms. The third-order valence-corrected chi connectivity index (χ3v) is 4.57. The lowest BCUT2D eigenvalue weighted by Crippen LogP contribution is -2.54. The lowest BCUT2D eigenvalue weighted by molar-refractivity contribution is -0.131. The Kier molecular flexibility index (Phi) is 5.08. The van der Waals surface area contributed by atoms with Gasteiger partial charge in [0.05, 0.1) is 28.8 Å². The van der Waals surface area contributed by atoms with Gasteiger partial charge in [-0.3, -0.25) is 9.69 Å². The second kappa shape index (κ2) is 6.44. The molecule has 0 N–H and O–H groups in total. The number of ether oxygens (including phenoxy) is 1. The van der Waals surface area contributed by atoms with Crippen LogP contribution >= 0.6 is 23.2 Å². The van der Waals surface area contributed by atoms with E-state index >= 15 is 0 Å². The van der Waals surface area contributed by atoms with Gasteiger partial charge in [0.2, 0.25) is 0 Å². The molecule has 110 valence electrons. The normalized spacial score (nSPS) is 17.2. The van der Waals surface area contributed by atoms with Crippen LogP contribution in [0.25, 0.3) is 0 Å². The first kappa shape index (κ1) is 15.8. The minimum absolute atomic E-state index is 0.179. The van der Waals surface area contributed by atoms with Crippen molar-refractivity contribution in [3.05, 3.63) is 33.8 Å². The van der Waals surface area contributed by atoms with Crippen molar-refractivity contribution in [1.29, 1.82) is 0 Å². The van der Waals surface area contributed by atoms with Crippen molar-refractivity contribution in [2.75, 3.05) is 26.3 Å². The van der Waals surface area contributed by atoms with Gasteiger partial charge in [-0.15, -0.1) is 0 Å². The van der Waals surface area contributed by atoms with E-state index in [1.165, 1.54) is 0 Å². The van der Waals surface area contributed by atoms with Crippen LogP contribution in [0.5, 0.6) is 0 Å². The molecule has 20 heavy (non-hydrogen) atoms. The fraction of sp³-hybridized carbons (Fsp3) is 0.533. The molecule has 0 atom stereocenters. The Balaban J connectivity index is 2.07. The zero-order valence-corrected chi connectivity index (χ0v) is 13.3. The van der Waals surface area contributed by atoms with Crippen molar-refractivity contribution >= 4 is 29.0 Å². The molecule has 1 fully saturated rings. The summed E-state index contributed by atoms with van der Waals surface area (Å²) < 4.78 is 5.34. The SMILES string of the molecule is CC(C)(C(=O)Cc1ccc(Cl)c(Cl)c1)N1CCOCC1. The fourth-order valence-corrected chi connectivity index (χ4v) is 2.67. The van der Waals surface area contributed by atoms with Crippen LogP contribution in [-0.4, -0.2) is 42.5 Å². The van der Waals surface area contributed by atoms with E-state index in [1.54, 1.807) is 12.1 Å². The Hall–Kier alpha value is -0.610. The van der Waals surface area contributed by atoms with Crippen LogP contribution in [0, 0.1) is 0 Å². The first-order valence-electron chi connectivity index (χ1n) is 6.71. The molecule has 1 heterocycles. The molecule has 3 nitrogen and oxygen atoms in total. The number of ketones is 1. The highest BCUT2D eigenvalue weighted by Crippen LogP contribution is 2.25. The molecule has 2 rings (SSSR count). The number of morpholine rings is 1. The van der Waals surface area contributed by atoms with E-state index in [9.17, 15) is 4.79 Å². The average Bonchev–Trinajstić information content (AvgIpc) is 2.44. The number of rotatable bonds is 4. The largest absolute Gasteiger partial charge is 0.379 e. The van der Waals surface area contributed by atoms with Crippen LogP contribution in [0.1, 0.15) is 19.4 Å². The van der Waals surface area contributed by atoms with E-state index in [0.717, 1.165) is 18.7 Å². The molecule has 1 aromatic rings. The molecule has 1 aliphatic heterocycles. The molecule has 0 spiro atoms. The number of carbonyl (C=O) groups is 1. The Morgan fingerprint density at radius 2 is 1.90 bits per heavy atom. The van der Waals surface area contributed by atoms with Crippen molar-refractivity contribution in [2.24, 2.45) is 0 Å². The molecule has 1 saturated heterocycles. The van der Waals surface area contributed by atoms with Gasteiger partial charge in [-0.05, 0) is 31.5 Å². The Bertz CT molecular complexity index is 497. The molecule has 0 aromatic heterocycles. The van der Waals surface area contributed by atoms with Gasteiger partial charge < -0.3 is 4.74 Å². The van der Waals surface area contributed by atoms with E-state index in [1.807, 2.05) is 19.9 Å². The van der Waals surface area contributed by atoms with Crippen LogP contribution in [0.2, 0.25) is 10.0 Å². The summed E-state index contributed by atoms with van der Waals surface area (Å²) in [4.78, 5) is 14.7. The number of hydrogen-bond donors (Lipinski definition) is 0. The van der Waals surface area contributed by atoms with Crippen molar-refractivity contribution < 1.29 is 9.53 Å². The fourth-order valence-electron chi connectivity index (χ4n) is 2.35. The molecular formula is C15H19Cl2NO2. The van der Waals surface area contributed by atoms with E-state index in [4.69, 9.17) is 27.9 Å². The van der Waals surface area contributed by atoms with Crippen LogP contribution < -0.4 is 0 Å². The summed E-state index contributed by atoms with van der Waals surface area (Å²) in [5.41, 5.74) is 0.404. The zero-order valence-electron chi connectivity index (χ0n) is 11.8. The van der Waals surface area contributed by atoms with Crippen molar-refractivity contribution in [3.8, 4) is 0 Å². The van der Waals surface area contributed by atoms with Crippen molar-refractivity contribution in [1.82, 2.24) is 4.90 Å². The van der Waals surface area contributed by atoms with Crippen molar-refractivity contribution in [2.45, 2.75) is 25.8 Å². The van der Waals surface area contributed by atoms with E-state index in [2.05, 4.69) is 4.90 Å². The Labute approximate surface area is 129 Å². The van der Waals surface area contributed by atoms with Gasteiger partial charge in [-0.25, -0.2) is 0 Å². The van der Waals surface area contributed by atoms with Crippen molar-refractivity contribution in [3.63, 3.8) is 0 Å². The standard InChI is InChI=1S/C15H19Cl2NO2/c1-15(2,18-5-7-20-8-6-18)14(19)10-11-3-4-12(16)13(17)9-11/h3-4,9H,5-8,10H2,1-2H3. The predicted molar refractivity (Wildman–Crippen MR) is 81.6 cm³/mol. The van der Waals surface area contributed by atoms with E-state index in [0.29, 0.717) is 29.7 Å². The van der Waals surface area contributed by atoms with Gasteiger partial charge in [-0.2, -0.15) is 0 Å². The maximum atomic E-state index is 12.6. The number of carbonyl (C=O) groups excluding carboxylic acids is 1. The summed E-state index contributed by atoms with van der Waals surface area (Å²) in [5.74, 6) is 0.179. The second-order valence-electron chi connectivity index (χ2n) is 5.51. The van der Waals surface area contributed by atoms with Crippen LogP contribution in [0.4, 0.5) is 0 Å². The topological polar surface area (TPSA) is 29.5 Å². The highest BCUT2D eigenvalue weighted by molar-refractivity contribution is 6.42. The first-order valence-corrected chi connectivity index (χ1v) is 7.47. The third-order valence-electron chi connectivity index (χ3n) is 3.83. The maximum Gasteiger partial charge on any atom is 0.156 e. The maximum absolute atomic E-state index is 12.6. The first-order chi connectivity index (χ1) is 9.41. The minimum atomic E-state index is -0.490. The molecule has 0 unspecified atom stereocenters. The van der Waals surface area contributed by atoms with Gasteiger partial charge in [0.1, 0.15) is 0 Å². The second-order valence-corrected chi connectivity index (χ2v) is 6.32. The molecular weight excluding hydrogens is 297 g/mol. The van der Waals surface area contributed by atoms with Gasteiger partial charge >= 0.3 is 0 Å². The Morgan fingerprint density at radius 3 is 2.50 bits per heavy atom. The smallest absolute Gasteiger partial charge is 0.156 e. The van der Waals surface area contributed by atoms with Crippen LogP contribution in [0.3, 0.4) is 0 Å². The number of hydrogen-bond acceptors (Lipinski definition) is 3. The van der Waals surface area contributed by atoms with E-state index < -0.39 is 5.54 Å². The summed E-state index contributed by atoms with van der Waals surface area (Å²) in [7, 11) is 0. The monoisotopic (exact) mass is 315 g/mol. The van der Waals surface area contributed by atoms with E-state index in [-0.39, 0.29) is 5.78 Å². The summed E-state index contributed by atoms with van der Waals surface area (Å²) in [5, 5.41) is 0.997. The molecule has 1 aromatic carbocycles. The Morgan fingerprint density at radius 1 is 1.25 bits per heavy atom. The summed E-state index contributed by atoms with van der Waals surface area (Å²) in [6.45, 7) is 6.89. The molecule has 0 radical (unpaired) electrons. The molecule has 0 aliphatic carbocycles. The third kappa shape index (κ3) is 3.53. The molecule has 1 aliphatic rings. The number of halogens is 2. The van der Waals surface area contributed by atoms with Gasteiger partial charge in [0.25, 0.3) is 0 Å². The van der Waals surface area contributed by atoms with Gasteiger partial charge in [0.15, 0.2) is 5.78 Å². The van der Waals surface area contributed by atoms with Crippen LogP contribution in [-0.2, 0) is 16.0 Å². The molecule has 0 amide bonds.